The highest BCUT2D eigenvalue weighted by atomic mass is 16.1. The van der Waals surface area contributed by atoms with E-state index in [0.717, 1.165) is 12.8 Å². The number of benzene rings is 1. The molecule has 0 aliphatic rings. The van der Waals surface area contributed by atoms with Gasteiger partial charge in [0.1, 0.15) is 0 Å². The Hall–Kier alpha value is -1.77. The van der Waals surface area contributed by atoms with Crippen molar-refractivity contribution in [2.24, 2.45) is 0 Å². The predicted octanol–water partition coefficient (Wildman–Crippen LogP) is 2.63. The van der Waals surface area contributed by atoms with E-state index in [0.29, 0.717) is 13.0 Å². The summed E-state index contributed by atoms with van der Waals surface area (Å²) in [4.78, 5) is 14.6. The molecular formula is C14H18N2O. The Labute approximate surface area is 101 Å². The van der Waals surface area contributed by atoms with Crippen LogP contribution in [0.1, 0.15) is 25.3 Å². The second-order valence-electron chi connectivity index (χ2n) is 4.17. The highest BCUT2D eigenvalue weighted by Crippen LogP contribution is 2.19. The molecule has 0 radical (unpaired) electrons. The van der Waals surface area contributed by atoms with Crippen LogP contribution in [0.4, 0.5) is 0 Å². The van der Waals surface area contributed by atoms with Crippen LogP contribution in [0.2, 0.25) is 0 Å². The molecule has 1 aromatic carbocycles. The fraction of sp³-hybridized carbons (Fsp3) is 0.357. The lowest BCUT2D eigenvalue weighted by Crippen LogP contribution is -2.22. The van der Waals surface area contributed by atoms with E-state index in [9.17, 15) is 4.79 Å². The molecule has 3 nitrogen and oxygen atoms in total. The van der Waals surface area contributed by atoms with Crippen molar-refractivity contribution in [3.63, 3.8) is 0 Å². The predicted molar refractivity (Wildman–Crippen MR) is 69.9 cm³/mol. The molecule has 17 heavy (non-hydrogen) atoms. The Morgan fingerprint density at radius 1 is 1.35 bits per heavy atom. The van der Waals surface area contributed by atoms with Crippen molar-refractivity contribution in [1.29, 1.82) is 0 Å². The van der Waals surface area contributed by atoms with Crippen LogP contribution in [-0.4, -0.2) is 17.4 Å². The number of carbonyl (C=O) groups excluding carboxylic acids is 1. The van der Waals surface area contributed by atoms with Crippen LogP contribution in [0.5, 0.6) is 0 Å². The van der Waals surface area contributed by atoms with Gasteiger partial charge in [-0.1, -0.05) is 18.2 Å². The molecule has 0 aliphatic carbocycles. The maximum Gasteiger partial charge on any atom is 0.219 e. The molecule has 1 aromatic heterocycles. The Balaban J connectivity index is 1.93. The number of nitrogens with one attached hydrogen (secondary N) is 2. The molecule has 0 unspecified atom stereocenters. The SMILES string of the molecule is CCNC(=O)CCCc1c[nH]c2ccccc12. The molecule has 0 aliphatic heterocycles. The zero-order chi connectivity index (χ0) is 12.1. The second-order valence-corrected chi connectivity index (χ2v) is 4.17. The first kappa shape index (κ1) is 11.7. The van der Waals surface area contributed by atoms with Crippen molar-refractivity contribution in [3.8, 4) is 0 Å². The molecule has 3 heteroatoms. The molecule has 0 spiro atoms. The van der Waals surface area contributed by atoms with Gasteiger partial charge in [0.2, 0.25) is 5.91 Å². The van der Waals surface area contributed by atoms with Crippen LogP contribution in [0.25, 0.3) is 10.9 Å². The number of aromatic amines is 1. The topological polar surface area (TPSA) is 44.9 Å². The lowest BCUT2D eigenvalue weighted by Gasteiger charge is -2.01. The van der Waals surface area contributed by atoms with Crippen LogP contribution < -0.4 is 5.32 Å². The summed E-state index contributed by atoms with van der Waals surface area (Å²) >= 11 is 0. The third kappa shape index (κ3) is 2.87. The number of aromatic nitrogens is 1. The summed E-state index contributed by atoms with van der Waals surface area (Å²) in [6.45, 7) is 2.66. The summed E-state index contributed by atoms with van der Waals surface area (Å²) in [6, 6.07) is 8.26. The van der Waals surface area contributed by atoms with E-state index in [1.54, 1.807) is 0 Å². The second kappa shape index (κ2) is 5.53. The molecule has 0 bridgehead atoms. The highest BCUT2D eigenvalue weighted by Gasteiger charge is 2.04. The fourth-order valence-corrected chi connectivity index (χ4v) is 2.06. The normalized spacial score (nSPS) is 10.6. The number of fused-ring (bicyclic) bond motifs is 1. The van der Waals surface area contributed by atoms with Crippen LogP contribution in [0.3, 0.4) is 0 Å². The van der Waals surface area contributed by atoms with Crippen LogP contribution in [0.15, 0.2) is 30.5 Å². The van der Waals surface area contributed by atoms with Crippen molar-refractivity contribution in [2.45, 2.75) is 26.2 Å². The molecule has 2 N–H and O–H groups in total. The fourth-order valence-electron chi connectivity index (χ4n) is 2.06. The summed E-state index contributed by atoms with van der Waals surface area (Å²) in [5.41, 5.74) is 2.46. The van der Waals surface area contributed by atoms with E-state index in [-0.39, 0.29) is 5.91 Å². The van der Waals surface area contributed by atoms with Gasteiger partial charge in [-0.3, -0.25) is 4.79 Å². The molecule has 0 saturated carbocycles. The Kier molecular flexibility index (Phi) is 3.81. The van der Waals surface area contributed by atoms with Gasteiger partial charge < -0.3 is 10.3 Å². The minimum atomic E-state index is 0.146. The quantitative estimate of drug-likeness (QED) is 0.814. The maximum atomic E-state index is 11.3. The number of carbonyl (C=O) groups is 1. The average Bonchev–Trinajstić information content (AvgIpc) is 2.73. The Morgan fingerprint density at radius 2 is 2.18 bits per heavy atom. The summed E-state index contributed by atoms with van der Waals surface area (Å²) in [5, 5.41) is 4.08. The lowest BCUT2D eigenvalue weighted by molar-refractivity contribution is -0.121. The minimum absolute atomic E-state index is 0.146. The van der Waals surface area contributed by atoms with Gasteiger partial charge in [-0.25, -0.2) is 0 Å². The average molecular weight is 230 g/mol. The van der Waals surface area contributed by atoms with Crippen molar-refractivity contribution in [3.05, 3.63) is 36.0 Å². The van der Waals surface area contributed by atoms with E-state index in [4.69, 9.17) is 0 Å². The number of amides is 1. The van der Waals surface area contributed by atoms with E-state index in [2.05, 4.69) is 22.4 Å². The van der Waals surface area contributed by atoms with Crippen molar-refractivity contribution >= 4 is 16.8 Å². The molecule has 2 aromatic rings. The van der Waals surface area contributed by atoms with Crippen LogP contribution in [0, 0.1) is 0 Å². The maximum absolute atomic E-state index is 11.3. The zero-order valence-electron chi connectivity index (χ0n) is 10.1. The standard InChI is InChI=1S/C14H18N2O/c1-2-15-14(17)9-5-6-11-10-16-13-8-4-3-7-12(11)13/h3-4,7-8,10,16H,2,5-6,9H2,1H3,(H,15,17). The van der Waals surface area contributed by atoms with E-state index >= 15 is 0 Å². The largest absolute Gasteiger partial charge is 0.361 e. The van der Waals surface area contributed by atoms with Gasteiger partial charge in [0.25, 0.3) is 0 Å². The zero-order valence-corrected chi connectivity index (χ0v) is 10.1. The van der Waals surface area contributed by atoms with Gasteiger partial charge in [0.15, 0.2) is 0 Å². The number of hydrogen-bond acceptors (Lipinski definition) is 1. The molecule has 90 valence electrons. The smallest absolute Gasteiger partial charge is 0.219 e. The first-order chi connectivity index (χ1) is 8.31. The van der Waals surface area contributed by atoms with Crippen LogP contribution >= 0.6 is 0 Å². The van der Waals surface area contributed by atoms with Crippen molar-refractivity contribution in [2.75, 3.05) is 6.54 Å². The first-order valence-corrected chi connectivity index (χ1v) is 6.13. The number of aryl methyl sites for hydroxylation is 1. The molecular weight excluding hydrogens is 212 g/mol. The number of hydrogen-bond donors (Lipinski definition) is 2. The molecule has 0 saturated heterocycles. The Bertz CT molecular complexity index is 502. The van der Waals surface area contributed by atoms with Gasteiger partial charge in [-0.15, -0.1) is 0 Å². The van der Waals surface area contributed by atoms with Gasteiger partial charge in [-0.05, 0) is 31.4 Å². The summed E-state index contributed by atoms with van der Waals surface area (Å²) < 4.78 is 0. The first-order valence-electron chi connectivity index (χ1n) is 6.13. The summed E-state index contributed by atoms with van der Waals surface area (Å²) in [7, 11) is 0. The van der Waals surface area contributed by atoms with Gasteiger partial charge in [0, 0.05) is 30.1 Å². The summed E-state index contributed by atoms with van der Waals surface area (Å²) in [6.07, 6.45) is 4.49. The molecule has 1 heterocycles. The van der Waals surface area contributed by atoms with Crippen LogP contribution in [-0.2, 0) is 11.2 Å². The molecule has 2 rings (SSSR count). The van der Waals surface area contributed by atoms with E-state index in [1.165, 1.54) is 16.5 Å². The molecule has 0 atom stereocenters. The molecule has 0 fully saturated rings. The van der Waals surface area contributed by atoms with Crippen molar-refractivity contribution in [1.82, 2.24) is 10.3 Å². The monoisotopic (exact) mass is 230 g/mol. The van der Waals surface area contributed by atoms with E-state index in [1.807, 2.05) is 25.3 Å². The Morgan fingerprint density at radius 3 is 3.00 bits per heavy atom. The third-order valence-electron chi connectivity index (χ3n) is 2.90. The third-order valence-corrected chi connectivity index (χ3v) is 2.90. The highest BCUT2D eigenvalue weighted by molar-refractivity contribution is 5.83. The van der Waals surface area contributed by atoms with Gasteiger partial charge in [-0.2, -0.15) is 0 Å². The van der Waals surface area contributed by atoms with E-state index < -0.39 is 0 Å². The van der Waals surface area contributed by atoms with Gasteiger partial charge in [0.05, 0.1) is 0 Å². The number of rotatable bonds is 5. The van der Waals surface area contributed by atoms with Crippen molar-refractivity contribution < 1.29 is 4.79 Å². The summed E-state index contributed by atoms with van der Waals surface area (Å²) in [5.74, 6) is 0.146. The van der Waals surface area contributed by atoms with Gasteiger partial charge >= 0.3 is 0 Å². The molecule has 1 amide bonds. The minimum Gasteiger partial charge on any atom is -0.361 e. The number of H-pyrrole nitrogens is 1. The number of para-hydroxylation sites is 1. The lowest BCUT2D eigenvalue weighted by atomic mass is 10.1.